The molecule has 0 saturated heterocycles. The molecule has 0 radical (unpaired) electrons. The molecule has 6 nitrogen and oxygen atoms in total. The van der Waals surface area contributed by atoms with Gasteiger partial charge in [-0.25, -0.2) is 4.85 Å². The third-order valence-electron chi connectivity index (χ3n) is 4.25. The highest BCUT2D eigenvalue weighted by Crippen LogP contribution is 2.34. The average molecular weight is 383 g/mol. The molecule has 0 aliphatic carbocycles. The lowest BCUT2D eigenvalue weighted by Gasteiger charge is -2.11. The number of fused-ring (bicyclic) bond motifs is 1. The van der Waals surface area contributed by atoms with Gasteiger partial charge in [0.25, 0.3) is 5.89 Å². The molecule has 4 rings (SSSR count). The fourth-order valence-corrected chi connectivity index (χ4v) is 3.08. The Bertz CT molecular complexity index is 1010. The van der Waals surface area contributed by atoms with E-state index >= 15 is 0 Å². The van der Waals surface area contributed by atoms with Gasteiger partial charge in [0.15, 0.2) is 0 Å². The molecule has 0 spiro atoms. The van der Waals surface area contributed by atoms with Crippen molar-refractivity contribution in [1.29, 1.82) is 0 Å². The molecule has 0 amide bonds. The van der Waals surface area contributed by atoms with E-state index < -0.39 is 0 Å². The Morgan fingerprint density at radius 2 is 2.07 bits per heavy atom. The van der Waals surface area contributed by atoms with Crippen molar-refractivity contribution in [2.75, 3.05) is 0 Å². The highest BCUT2D eigenvalue weighted by atomic mass is 35.5. The Labute approximate surface area is 163 Å². The molecule has 2 heterocycles. The first kappa shape index (κ1) is 18.9. The molecule has 1 N–H and O–H groups in total. The first-order chi connectivity index (χ1) is 12.7. The fourth-order valence-electron chi connectivity index (χ4n) is 3.08. The molecule has 27 heavy (non-hydrogen) atoms. The van der Waals surface area contributed by atoms with E-state index in [4.69, 9.17) is 15.8 Å². The van der Waals surface area contributed by atoms with Crippen molar-refractivity contribution >= 4 is 18.1 Å². The van der Waals surface area contributed by atoms with Gasteiger partial charge in [0.2, 0.25) is 11.5 Å². The second-order valence-electron chi connectivity index (χ2n) is 6.43. The van der Waals surface area contributed by atoms with E-state index in [0.717, 1.165) is 18.7 Å². The molecule has 3 aromatic rings. The quantitative estimate of drug-likeness (QED) is 0.658. The molecule has 0 unspecified atom stereocenters. The summed E-state index contributed by atoms with van der Waals surface area (Å²) in [7, 11) is 0. The van der Waals surface area contributed by atoms with Crippen LogP contribution in [-0.2, 0) is 13.1 Å². The average Bonchev–Trinajstić information content (AvgIpc) is 3.30. The topological polar surface area (TPSA) is 64.5 Å². The van der Waals surface area contributed by atoms with E-state index in [2.05, 4.69) is 26.4 Å². The number of rotatable bonds is 4. The van der Waals surface area contributed by atoms with Crippen molar-refractivity contribution in [3.63, 3.8) is 0 Å². The highest BCUT2D eigenvalue weighted by molar-refractivity contribution is 5.85. The maximum Gasteiger partial charge on any atom is 0.256 e. The van der Waals surface area contributed by atoms with Gasteiger partial charge in [-0.15, -0.1) is 12.4 Å². The number of ether oxygens (including phenoxy) is 1. The first-order valence-corrected chi connectivity index (χ1v) is 8.50. The van der Waals surface area contributed by atoms with Crippen molar-refractivity contribution in [3.05, 3.63) is 58.9 Å². The maximum atomic E-state index is 7.38. The minimum atomic E-state index is 0. The zero-order valence-electron chi connectivity index (χ0n) is 15.0. The summed E-state index contributed by atoms with van der Waals surface area (Å²) in [6, 6.07) is 11.4. The van der Waals surface area contributed by atoms with Crippen LogP contribution in [0.25, 0.3) is 27.7 Å². The molecule has 7 heteroatoms. The number of halogens is 1. The van der Waals surface area contributed by atoms with E-state index in [9.17, 15) is 0 Å². The van der Waals surface area contributed by atoms with Crippen LogP contribution >= 0.6 is 12.4 Å². The van der Waals surface area contributed by atoms with Gasteiger partial charge >= 0.3 is 0 Å². The minimum Gasteiger partial charge on any atom is -0.502 e. The maximum absolute atomic E-state index is 7.38. The molecule has 0 bridgehead atoms. The second-order valence-corrected chi connectivity index (χ2v) is 6.43. The molecule has 138 valence electrons. The van der Waals surface area contributed by atoms with Crippen LogP contribution < -0.4 is 10.1 Å². The Hall–Kier alpha value is -2.88. The van der Waals surface area contributed by atoms with Crippen LogP contribution in [0.2, 0.25) is 0 Å². The third kappa shape index (κ3) is 3.65. The normalized spacial score (nSPS) is 12.4. The molecule has 0 fully saturated rings. The van der Waals surface area contributed by atoms with Gasteiger partial charge < -0.3 is 14.6 Å². The lowest BCUT2D eigenvalue weighted by molar-refractivity contribution is 0.244. The van der Waals surface area contributed by atoms with Gasteiger partial charge in [-0.3, -0.25) is 0 Å². The molecule has 2 aromatic carbocycles. The van der Waals surface area contributed by atoms with Crippen LogP contribution in [0.1, 0.15) is 25.0 Å². The van der Waals surface area contributed by atoms with Gasteiger partial charge in [-0.05, 0) is 43.2 Å². The van der Waals surface area contributed by atoms with E-state index in [1.807, 2.05) is 32.0 Å². The van der Waals surface area contributed by atoms with Crippen molar-refractivity contribution < 1.29 is 9.26 Å². The number of hydrogen-bond acceptors (Lipinski definition) is 5. The molecule has 0 atom stereocenters. The van der Waals surface area contributed by atoms with Crippen LogP contribution in [-0.4, -0.2) is 16.2 Å². The number of nitrogens with zero attached hydrogens (tertiary/aromatic N) is 3. The number of nitrogens with one attached hydrogen (secondary N) is 1. The van der Waals surface area contributed by atoms with Crippen LogP contribution in [0.5, 0.6) is 5.75 Å². The van der Waals surface area contributed by atoms with Crippen molar-refractivity contribution in [1.82, 2.24) is 15.5 Å². The Morgan fingerprint density at radius 1 is 1.22 bits per heavy atom. The molecule has 1 aliphatic heterocycles. The van der Waals surface area contributed by atoms with Gasteiger partial charge in [0, 0.05) is 24.2 Å². The van der Waals surface area contributed by atoms with Crippen LogP contribution in [0.4, 0.5) is 5.69 Å². The summed E-state index contributed by atoms with van der Waals surface area (Å²) in [6.45, 7) is 12.9. The smallest absolute Gasteiger partial charge is 0.256 e. The fraction of sp³-hybridized carbons (Fsp3) is 0.250. The van der Waals surface area contributed by atoms with E-state index in [-0.39, 0.29) is 18.5 Å². The van der Waals surface area contributed by atoms with Crippen molar-refractivity contribution in [2.45, 2.75) is 33.0 Å². The van der Waals surface area contributed by atoms with Crippen molar-refractivity contribution in [2.24, 2.45) is 0 Å². The summed E-state index contributed by atoms with van der Waals surface area (Å²) in [6.07, 6.45) is 0.00476. The Kier molecular flexibility index (Phi) is 5.45. The van der Waals surface area contributed by atoms with Gasteiger partial charge in [-0.2, -0.15) is 4.98 Å². The third-order valence-corrected chi connectivity index (χ3v) is 4.25. The second kappa shape index (κ2) is 7.78. The Balaban J connectivity index is 0.00000210. The first-order valence-electron chi connectivity index (χ1n) is 8.50. The summed E-state index contributed by atoms with van der Waals surface area (Å²) < 4.78 is 11.1. The van der Waals surface area contributed by atoms with Gasteiger partial charge in [-0.1, -0.05) is 23.4 Å². The summed E-state index contributed by atoms with van der Waals surface area (Å²) in [5.74, 6) is 1.52. The largest absolute Gasteiger partial charge is 0.502 e. The minimum absolute atomic E-state index is 0. The predicted octanol–water partition coefficient (Wildman–Crippen LogP) is 4.77. The summed E-state index contributed by atoms with van der Waals surface area (Å²) in [5.41, 5.74) is 4.59. The molecular weight excluding hydrogens is 364 g/mol. The summed E-state index contributed by atoms with van der Waals surface area (Å²) in [5, 5.41) is 7.48. The van der Waals surface area contributed by atoms with Crippen molar-refractivity contribution in [3.8, 4) is 28.6 Å². The highest BCUT2D eigenvalue weighted by Gasteiger charge is 2.19. The molecule has 1 aromatic heterocycles. The van der Waals surface area contributed by atoms with Crippen LogP contribution in [0, 0.1) is 6.57 Å². The SMILES string of the molecule is Cl.[C-]#[N+]c1cc(-c2nc(-c3cccc4c3CNC4)no2)ccc1OC(C)C. The van der Waals surface area contributed by atoms with E-state index in [1.54, 1.807) is 12.1 Å². The number of benzene rings is 2. The monoisotopic (exact) mass is 382 g/mol. The Morgan fingerprint density at radius 3 is 2.85 bits per heavy atom. The molecular formula is C20H19ClN4O2. The summed E-state index contributed by atoms with van der Waals surface area (Å²) in [4.78, 5) is 8.09. The summed E-state index contributed by atoms with van der Waals surface area (Å²) >= 11 is 0. The lowest BCUT2D eigenvalue weighted by atomic mass is 10.0. The van der Waals surface area contributed by atoms with Gasteiger partial charge in [0.05, 0.1) is 12.7 Å². The molecule has 1 aliphatic rings. The standard InChI is InChI=1S/C20H18N4O2.ClH/c1-12(2)25-18-8-7-13(9-17(18)21-3)20-23-19(24-26-20)15-6-4-5-14-10-22-11-16(14)15;/h4-9,12,22H,10-11H2,1-2H3;1H. The van der Waals surface area contributed by atoms with Crippen LogP contribution in [0.3, 0.4) is 0 Å². The lowest BCUT2D eigenvalue weighted by Crippen LogP contribution is -2.05. The molecule has 0 saturated carbocycles. The van der Waals surface area contributed by atoms with E-state index in [0.29, 0.717) is 28.7 Å². The van der Waals surface area contributed by atoms with Crippen LogP contribution in [0.15, 0.2) is 40.9 Å². The predicted molar refractivity (Wildman–Crippen MR) is 105 cm³/mol. The van der Waals surface area contributed by atoms with Gasteiger partial charge in [0.1, 0.15) is 5.75 Å². The number of hydrogen-bond donors (Lipinski definition) is 1. The number of aromatic nitrogens is 2. The zero-order valence-corrected chi connectivity index (χ0v) is 15.8. The zero-order chi connectivity index (χ0) is 18.1. The van der Waals surface area contributed by atoms with E-state index in [1.165, 1.54) is 11.1 Å².